The van der Waals surface area contributed by atoms with Gasteiger partial charge >= 0.3 is 0 Å². The largest absolute Gasteiger partial charge is 0.393 e. The molecule has 2 nitrogen and oxygen atoms in total. The lowest BCUT2D eigenvalue weighted by Crippen LogP contribution is -2.23. The van der Waals surface area contributed by atoms with E-state index in [4.69, 9.17) is 9.29 Å². The van der Waals surface area contributed by atoms with Crippen molar-refractivity contribution in [3.63, 3.8) is 0 Å². The summed E-state index contributed by atoms with van der Waals surface area (Å²) in [5, 5.41) is 9.10. The molecule has 1 aliphatic carbocycles. The normalized spacial score (nSPS) is 36.7. The average Bonchev–Trinajstić information content (AvgIpc) is 1.88. The topological polar surface area (TPSA) is 29.5 Å². The average molecular weight is 148 g/mol. The van der Waals surface area contributed by atoms with E-state index in [-0.39, 0.29) is 12.2 Å². The molecule has 0 heterocycles. The van der Waals surface area contributed by atoms with Gasteiger partial charge in [0.05, 0.1) is 12.2 Å². The van der Waals surface area contributed by atoms with E-state index in [2.05, 4.69) is 12.9 Å². The van der Waals surface area contributed by atoms with Gasteiger partial charge in [-0.25, -0.2) is 0 Å². The molecule has 0 amide bonds. The van der Waals surface area contributed by atoms with Crippen LogP contribution in [0.25, 0.3) is 0 Å². The number of aliphatic hydroxyl groups is 1. The van der Waals surface area contributed by atoms with Gasteiger partial charge in [-0.05, 0) is 32.2 Å². The number of thiol groups is 1. The Balaban J connectivity index is 2.23. The van der Waals surface area contributed by atoms with Crippen molar-refractivity contribution >= 4 is 12.9 Å². The molecule has 0 aliphatic heterocycles. The molecule has 1 fully saturated rings. The summed E-state index contributed by atoms with van der Waals surface area (Å²) in [6.45, 7) is 0. The van der Waals surface area contributed by atoms with Gasteiger partial charge in [-0.1, -0.05) is 0 Å². The second kappa shape index (κ2) is 3.44. The highest BCUT2D eigenvalue weighted by atomic mass is 32.1. The lowest BCUT2D eigenvalue weighted by atomic mass is 9.95. The first kappa shape index (κ1) is 7.38. The quantitative estimate of drug-likeness (QED) is 0.431. The van der Waals surface area contributed by atoms with Crippen LogP contribution in [0.4, 0.5) is 0 Å². The van der Waals surface area contributed by atoms with E-state index in [1.54, 1.807) is 0 Å². The van der Waals surface area contributed by atoms with Gasteiger partial charge in [0, 0.05) is 6.42 Å². The van der Waals surface area contributed by atoms with Crippen molar-refractivity contribution in [3.8, 4) is 0 Å². The lowest BCUT2D eigenvalue weighted by Gasteiger charge is -2.23. The molecule has 54 valence electrons. The van der Waals surface area contributed by atoms with Gasteiger partial charge in [0.25, 0.3) is 0 Å². The molecule has 0 aromatic rings. The van der Waals surface area contributed by atoms with Crippen LogP contribution in [-0.2, 0) is 4.18 Å². The third kappa shape index (κ3) is 2.16. The van der Waals surface area contributed by atoms with Crippen LogP contribution in [0.2, 0.25) is 0 Å². The molecule has 1 N–H and O–H groups in total. The first-order valence-corrected chi connectivity index (χ1v) is 3.67. The van der Waals surface area contributed by atoms with E-state index in [0.29, 0.717) is 0 Å². The molecule has 1 saturated carbocycles. The van der Waals surface area contributed by atoms with Crippen LogP contribution in [0.1, 0.15) is 25.7 Å². The summed E-state index contributed by atoms with van der Waals surface area (Å²) >= 11 is 3.69. The third-order valence-corrected chi connectivity index (χ3v) is 2.05. The summed E-state index contributed by atoms with van der Waals surface area (Å²) in [6, 6.07) is 0. The summed E-state index contributed by atoms with van der Waals surface area (Å²) in [6.07, 6.45) is 3.80. The second-order valence-corrected chi connectivity index (χ2v) is 2.76. The Morgan fingerprint density at radius 3 is 2.67 bits per heavy atom. The van der Waals surface area contributed by atoms with Crippen LogP contribution in [0, 0.1) is 0 Å². The van der Waals surface area contributed by atoms with Gasteiger partial charge in [0.15, 0.2) is 0 Å². The Morgan fingerprint density at radius 1 is 1.44 bits per heavy atom. The Hall–Kier alpha value is 0.270. The van der Waals surface area contributed by atoms with E-state index in [9.17, 15) is 0 Å². The Bertz CT molecular complexity index is 87.1. The van der Waals surface area contributed by atoms with Gasteiger partial charge < -0.3 is 9.29 Å². The highest BCUT2D eigenvalue weighted by Gasteiger charge is 2.19. The van der Waals surface area contributed by atoms with Crippen molar-refractivity contribution in [1.29, 1.82) is 0 Å². The van der Waals surface area contributed by atoms with E-state index < -0.39 is 0 Å². The summed E-state index contributed by atoms with van der Waals surface area (Å²) in [7, 11) is 0. The van der Waals surface area contributed by atoms with Crippen molar-refractivity contribution in [1.82, 2.24) is 0 Å². The maximum Gasteiger partial charge on any atom is 0.0743 e. The van der Waals surface area contributed by atoms with Crippen molar-refractivity contribution in [2.24, 2.45) is 0 Å². The van der Waals surface area contributed by atoms with Gasteiger partial charge in [-0.15, -0.1) is 0 Å². The monoisotopic (exact) mass is 148 g/mol. The minimum absolute atomic E-state index is 0.157. The molecule has 0 spiro atoms. The summed E-state index contributed by atoms with van der Waals surface area (Å²) in [4.78, 5) is 0. The predicted molar refractivity (Wildman–Crippen MR) is 38.3 cm³/mol. The van der Waals surface area contributed by atoms with Gasteiger partial charge in [-0.2, -0.15) is 0 Å². The molecular formula is C6H12O2S. The zero-order chi connectivity index (χ0) is 6.69. The maximum absolute atomic E-state index is 9.10. The van der Waals surface area contributed by atoms with Crippen LogP contribution in [0.3, 0.4) is 0 Å². The van der Waals surface area contributed by atoms with Crippen molar-refractivity contribution in [3.05, 3.63) is 0 Å². The smallest absolute Gasteiger partial charge is 0.0743 e. The minimum atomic E-state index is -0.157. The second-order valence-electron chi connectivity index (χ2n) is 2.55. The number of hydrogen-bond acceptors (Lipinski definition) is 3. The van der Waals surface area contributed by atoms with Crippen molar-refractivity contribution < 1.29 is 9.29 Å². The highest BCUT2D eigenvalue weighted by molar-refractivity contribution is 7.75. The van der Waals surface area contributed by atoms with E-state index in [1.165, 1.54) is 0 Å². The number of hydrogen-bond donors (Lipinski definition) is 2. The number of rotatable bonds is 1. The van der Waals surface area contributed by atoms with E-state index >= 15 is 0 Å². The first-order chi connectivity index (χ1) is 4.33. The number of aliphatic hydroxyl groups excluding tert-OH is 1. The molecule has 1 aliphatic rings. The van der Waals surface area contributed by atoms with E-state index in [0.717, 1.165) is 25.7 Å². The third-order valence-electron chi connectivity index (χ3n) is 1.75. The molecule has 2 unspecified atom stereocenters. The maximum atomic E-state index is 9.10. The molecule has 2 atom stereocenters. The Morgan fingerprint density at radius 2 is 2.22 bits per heavy atom. The highest BCUT2D eigenvalue weighted by Crippen LogP contribution is 2.21. The summed E-state index contributed by atoms with van der Waals surface area (Å²) in [5.41, 5.74) is 0. The predicted octanol–water partition coefficient (Wildman–Crippen LogP) is 1.15. The molecule has 0 saturated heterocycles. The van der Waals surface area contributed by atoms with Crippen LogP contribution in [-0.4, -0.2) is 17.3 Å². The van der Waals surface area contributed by atoms with Gasteiger partial charge in [-0.3, -0.25) is 0 Å². The molecule has 3 heteroatoms. The zero-order valence-corrected chi connectivity index (χ0v) is 6.18. The summed E-state index contributed by atoms with van der Waals surface area (Å²) < 4.78 is 4.80. The fourth-order valence-corrected chi connectivity index (χ4v) is 1.41. The molecular weight excluding hydrogens is 136 g/mol. The zero-order valence-electron chi connectivity index (χ0n) is 5.29. The van der Waals surface area contributed by atoms with E-state index in [1.807, 2.05) is 0 Å². The SMILES string of the molecule is OC1CCCC(OS)C1. The molecule has 0 radical (unpaired) electrons. The van der Waals surface area contributed by atoms with Crippen molar-refractivity contribution in [2.75, 3.05) is 0 Å². The van der Waals surface area contributed by atoms with Crippen LogP contribution in [0.5, 0.6) is 0 Å². The van der Waals surface area contributed by atoms with Crippen LogP contribution < -0.4 is 0 Å². The fourth-order valence-electron chi connectivity index (χ4n) is 1.22. The standard InChI is InChI=1S/C6H12O2S/c7-5-2-1-3-6(4-5)8-9/h5-7,9H,1-4H2. The van der Waals surface area contributed by atoms with Crippen molar-refractivity contribution in [2.45, 2.75) is 37.9 Å². The molecule has 0 aromatic heterocycles. The molecule has 0 bridgehead atoms. The first-order valence-electron chi connectivity index (χ1n) is 3.31. The van der Waals surface area contributed by atoms with Crippen LogP contribution in [0.15, 0.2) is 0 Å². The molecule has 9 heavy (non-hydrogen) atoms. The van der Waals surface area contributed by atoms with Gasteiger partial charge in [0.2, 0.25) is 0 Å². The Labute approximate surface area is 60.8 Å². The lowest BCUT2D eigenvalue weighted by molar-refractivity contribution is 0.0652. The van der Waals surface area contributed by atoms with Crippen LogP contribution >= 0.6 is 12.9 Å². The molecule has 1 rings (SSSR count). The minimum Gasteiger partial charge on any atom is -0.393 e. The summed E-state index contributed by atoms with van der Waals surface area (Å²) in [5.74, 6) is 0. The van der Waals surface area contributed by atoms with Gasteiger partial charge in [0.1, 0.15) is 0 Å². The fraction of sp³-hybridized carbons (Fsp3) is 1.00. The molecule has 0 aromatic carbocycles. The Kier molecular flexibility index (Phi) is 2.82.